The molecule has 2 heterocycles. The van der Waals surface area contributed by atoms with Gasteiger partial charge in [0.05, 0.1) is 6.04 Å². The minimum atomic E-state index is 0.0264. The summed E-state index contributed by atoms with van der Waals surface area (Å²) >= 11 is 7.44. The zero-order chi connectivity index (χ0) is 13.1. The van der Waals surface area contributed by atoms with Crippen LogP contribution in [0.25, 0.3) is 0 Å². The van der Waals surface area contributed by atoms with E-state index in [0.29, 0.717) is 11.9 Å². The van der Waals surface area contributed by atoms with Crippen LogP contribution in [0.3, 0.4) is 0 Å². The molecule has 0 saturated carbocycles. The fourth-order valence-electron chi connectivity index (χ4n) is 1.31. The molecule has 0 amide bonds. The molecule has 1 atom stereocenters. The van der Waals surface area contributed by atoms with Gasteiger partial charge in [-0.05, 0) is 18.5 Å². The molecule has 0 aromatic carbocycles. The second-order valence-corrected chi connectivity index (χ2v) is 5.12. The van der Waals surface area contributed by atoms with E-state index in [1.54, 1.807) is 22.4 Å². The minimum absolute atomic E-state index is 0.0264. The number of halogens is 1. The van der Waals surface area contributed by atoms with Crippen molar-refractivity contribution in [3.63, 3.8) is 0 Å². The summed E-state index contributed by atoms with van der Waals surface area (Å²) in [5.74, 6) is 0.963. The normalized spacial score (nSPS) is 12.2. The molecule has 0 spiro atoms. The standard InChI is InChI=1S/C10H13ClN6S/c1-6(7-12-4-5-18-7)13-9-14-8(11)15-10(16-9)17(2)3/h4-6H,1-3H3,(H,13,14,15,16). The lowest BCUT2D eigenvalue weighted by atomic mass is 10.4. The number of hydrogen-bond donors (Lipinski definition) is 1. The van der Waals surface area contributed by atoms with Crippen LogP contribution in [0, 0.1) is 0 Å². The Balaban J connectivity index is 2.18. The van der Waals surface area contributed by atoms with Crippen molar-refractivity contribution in [2.75, 3.05) is 24.3 Å². The lowest BCUT2D eigenvalue weighted by Crippen LogP contribution is -2.16. The average Bonchev–Trinajstić information content (AvgIpc) is 2.81. The molecule has 2 aromatic rings. The van der Waals surface area contributed by atoms with Crippen LogP contribution in [-0.4, -0.2) is 34.0 Å². The van der Waals surface area contributed by atoms with Crippen LogP contribution in [-0.2, 0) is 0 Å². The van der Waals surface area contributed by atoms with E-state index < -0.39 is 0 Å². The van der Waals surface area contributed by atoms with E-state index >= 15 is 0 Å². The van der Waals surface area contributed by atoms with E-state index in [4.69, 9.17) is 11.6 Å². The Kier molecular flexibility index (Phi) is 3.93. The highest BCUT2D eigenvalue weighted by Gasteiger charge is 2.12. The van der Waals surface area contributed by atoms with Crippen LogP contribution >= 0.6 is 22.9 Å². The van der Waals surface area contributed by atoms with E-state index in [1.807, 2.05) is 26.4 Å². The molecule has 8 heteroatoms. The summed E-state index contributed by atoms with van der Waals surface area (Å²) in [6.07, 6.45) is 1.77. The Hall–Kier alpha value is -1.47. The third-order valence-corrected chi connectivity index (χ3v) is 3.29. The topological polar surface area (TPSA) is 66.8 Å². The zero-order valence-corrected chi connectivity index (χ0v) is 11.8. The van der Waals surface area contributed by atoms with Crippen LogP contribution in [0.2, 0.25) is 5.28 Å². The van der Waals surface area contributed by atoms with Gasteiger partial charge in [0.25, 0.3) is 0 Å². The highest BCUT2D eigenvalue weighted by atomic mass is 35.5. The first-order valence-electron chi connectivity index (χ1n) is 5.31. The predicted molar refractivity (Wildman–Crippen MR) is 73.3 cm³/mol. The molecule has 0 saturated heterocycles. The SMILES string of the molecule is CC(Nc1nc(Cl)nc(N(C)C)n1)c1nccs1. The van der Waals surface area contributed by atoms with Gasteiger partial charge in [0, 0.05) is 25.7 Å². The first-order chi connectivity index (χ1) is 8.56. The van der Waals surface area contributed by atoms with Gasteiger partial charge in [0.2, 0.25) is 17.2 Å². The number of aromatic nitrogens is 4. The molecule has 1 unspecified atom stereocenters. The second-order valence-electron chi connectivity index (χ2n) is 3.86. The van der Waals surface area contributed by atoms with Gasteiger partial charge >= 0.3 is 0 Å². The summed E-state index contributed by atoms with van der Waals surface area (Å²) in [4.78, 5) is 18.3. The molecular formula is C10H13ClN6S. The molecule has 96 valence electrons. The van der Waals surface area contributed by atoms with Crippen LogP contribution in [0.4, 0.5) is 11.9 Å². The predicted octanol–water partition coefficient (Wildman–Crippen LogP) is 2.22. The first-order valence-corrected chi connectivity index (χ1v) is 6.57. The summed E-state index contributed by atoms with van der Waals surface area (Å²) in [7, 11) is 3.69. The number of anilines is 2. The summed E-state index contributed by atoms with van der Waals surface area (Å²) in [6, 6.07) is 0.0264. The van der Waals surface area contributed by atoms with Crippen molar-refractivity contribution in [3.05, 3.63) is 21.9 Å². The molecule has 1 N–H and O–H groups in total. The van der Waals surface area contributed by atoms with E-state index in [9.17, 15) is 0 Å². The molecule has 0 radical (unpaired) electrons. The summed E-state index contributed by atoms with van der Waals surface area (Å²) in [6.45, 7) is 1.99. The van der Waals surface area contributed by atoms with Crippen LogP contribution in [0.15, 0.2) is 11.6 Å². The van der Waals surface area contributed by atoms with Crippen LogP contribution < -0.4 is 10.2 Å². The fraction of sp³-hybridized carbons (Fsp3) is 0.400. The van der Waals surface area contributed by atoms with Crippen molar-refractivity contribution in [2.24, 2.45) is 0 Å². The Bertz CT molecular complexity index is 515. The summed E-state index contributed by atoms with van der Waals surface area (Å²) < 4.78 is 0. The van der Waals surface area contributed by atoms with Gasteiger partial charge in [0.15, 0.2) is 0 Å². The molecule has 2 rings (SSSR count). The lowest BCUT2D eigenvalue weighted by molar-refractivity contribution is 0.837. The number of thiazole rings is 1. The molecular weight excluding hydrogens is 272 g/mol. The summed E-state index contributed by atoms with van der Waals surface area (Å²) in [5, 5.41) is 6.22. The quantitative estimate of drug-likeness (QED) is 0.929. The number of nitrogens with zero attached hydrogens (tertiary/aromatic N) is 5. The Morgan fingerprint density at radius 3 is 2.72 bits per heavy atom. The highest BCUT2D eigenvalue weighted by Crippen LogP contribution is 2.20. The number of rotatable bonds is 4. The van der Waals surface area contributed by atoms with E-state index in [-0.39, 0.29) is 11.3 Å². The largest absolute Gasteiger partial charge is 0.347 e. The average molecular weight is 285 g/mol. The van der Waals surface area contributed by atoms with Crippen molar-refractivity contribution in [1.82, 2.24) is 19.9 Å². The van der Waals surface area contributed by atoms with Gasteiger partial charge in [-0.25, -0.2) is 4.98 Å². The molecule has 2 aromatic heterocycles. The van der Waals surface area contributed by atoms with E-state index in [2.05, 4.69) is 25.3 Å². The molecule has 0 aliphatic carbocycles. The smallest absolute Gasteiger partial charge is 0.230 e. The Morgan fingerprint density at radius 2 is 2.11 bits per heavy atom. The Morgan fingerprint density at radius 1 is 1.33 bits per heavy atom. The van der Waals surface area contributed by atoms with Gasteiger partial charge < -0.3 is 10.2 Å². The van der Waals surface area contributed by atoms with Crippen LogP contribution in [0.5, 0.6) is 0 Å². The fourth-order valence-corrected chi connectivity index (χ4v) is 2.11. The third kappa shape index (κ3) is 3.05. The summed E-state index contributed by atoms with van der Waals surface area (Å²) in [5.41, 5.74) is 0. The van der Waals surface area contributed by atoms with Gasteiger partial charge in [0.1, 0.15) is 5.01 Å². The molecule has 0 aliphatic heterocycles. The molecule has 0 bridgehead atoms. The van der Waals surface area contributed by atoms with Crippen molar-refractivity contribution >= 4 is 34.8 Å². The Labute approximate surface area is 114 Å². The third-order valence-electron chi connectivity index (χ3n) is 2.16. The van der Waals surface area contributed by atoms with Crippen molar-refractivity contribution in [1.29, 1.82) is 0 Å². The molecule has 0 aliphatic rings. The monoisotopic (exact) mass is 284 g/mol. The zero-order valence-electron chi connectivity index (χ0n) is 10.3. The first kappa shape index (κ1) is 13.0. The highest BCUT2D eigenvalue weighted by molar-refractivity contribution is 7.09. The number of nitrogens with one attached hydrogen (secondary N) is 1. The van der Waals surface area contributed by atoms with Crippen molar-refractivity contribution in [2.45, 2.75) is 13.0 Å². The number of hydrogen-bond acceptors (Lipinski definition) is 7. The molecule has 0 fully saturated rings. The van der Waals surface area contributed by atoms with Crippen LogP contribution in [0.1, 0.15) is 18.0 Å². The maximum atomic E-state index is 5.86. The van der Waals surface area contributed by atoms with Gasteiger partial charge in [-0.1, -0.05) is 0 Å². The van der Waals surface area contributed by atoms with Gasteiger partial charge in [-0.3, -0.25) is 0 Å². The van der Waals surface area contributed by atoms with Gasteiger partial charge in [-0.2, -0.15) is 15.0 Å². The van der Waals surface area contributed by atoms with E-state index in [1.165, 1.54) is 0 Å². The van der Waals surface area contributed by atoms with Crippen molar-refractivity contribution in [3.8, 4) is 0 Å². The maximum absolute atomic E-state index is 5.86. The van der Waals surface area contributed by atoms with Crippen molar-refractivity contribution < 1.29 is 0 Å². The minimum Gasteiger partial charge on any atom is -0.347 e. The maximum Gasteiger partial charge on any atom is 0.230 e. The second kappa shape index (κ2) is 5.45. The van der Waals surface area contributed by atoms with E-state index in [0.717, 1.165) is 5.01 Å². The van der Waals surface area contributed by atoms with Gasteiger partial charge in [-0.15, -0.1) is 11.3 Å². The molecule has 6 nitrogen and oxygen atoms in total. The molecule has 18 heavy (non-hydrogen) atoms. The lowest BCUT2D eigenvalue weighted by Gasteiger charge is -2.14.